The summed E-state index contributed by atoms with van der Waals surface area (Å²) in [5, 5.41) is 9.55. The monoisotopic (exact) mass is 351 g/mol. The van der Waals surface area contributed by atoms with Crippen molar-refractivity contribution in [3.63, 3.8) is 0 Å². The van der Waals surface area contributed by atoms with Crippen LogP contribution in [-0.2, 0) is 9.53 Å². The van der Waals surface area contributed by atoms with Crippen molar-refractivity contribution >= 4 is 5.97 Å². The van der Waals surface area contributed by atoms with E-state index >= 15 is 4.39 Å². The second-order valence-electron chi connectivity index (χ2n) is 7.09. The number of ether oxygens (including phenoxy) is 2. The molecule has 0 amide bonds. The average molecular weight is 351 g/mol. The fourth-order valence-corrected chi connectivity index (χ4v) is 4.20. The summed E-state index contributed by atoms with van der Waals surface area (Å²) in [6, 6.07) is 7.27. The van der Waals surface area contributed by atoms with Crippen molar-refractivity contribution in [3.8, 4) is 5.75 Å². The summed E-state index contributed by atoms with van der Waals surface area (Å²) in [6.07, 6.45) is 3.99. The molecular weight excluding hydrogens is 325 g/mol. The molecule has 1 aromatic rings. The van der Waals surface area contributed by atoms with Crippen LogP contribution in [0.15, 0.2) is 24.3 Å². The first-order valence-corrected chi connectivity index (χ1v) is 8.81. The second-order valence-corrected chi connectivity index (χ2v) is 7.09. The van der Waals surface area contributed by atoms with Gasteiger partial charge >= 0.3 is 5.97 Å². The molecule has 1 aliphatic carbocycles. The number of alkyl halides is 1. The standard InChI is InChI=1S/C19H26FNO4/c1-24-15-7-3-13(4-8-15)17-11-21(12-19(17,20)18(22)23)14-5-9-16(25-2)10-6-14/h3-4,7-8,14,16-17H,5-6,9-12H2,1-2H3,(H,22,23)/t14-,16+,17-,19-/m0/s1. The Morgan fingerprint density at radius 1 is 1.20 bits per heavy atom. The number of nitrogens with zero attached hydrogens (tertiary/aromatic N) is 1. The van der Waals surface area contributed by atoms with Gasteiger partial charge in [-0.3, -0.25) is 4.90 Å². The Bertz CT molecular complexity index is 600. The van der Waals surface area contributed by atoms with Gasteiger partial charge in [-0.1, -0.05) is 12.1 Å². The molecule has 5 nitrogen and oxygen atoms in total. The number of hydrogen-bond acceptors (Lipinski definition) is 4. The molecule has 1 saturated heterocycles. The number of benzene rings is 1. The summed E-state index contributed by atoms with van der Waals surface area (Å²) in [5.74, 6) is -1.37. The lowest BCUT2D eigenvalue weighted by Crippen LogP contribution is -2.43. The zero-order valence-corrected chi connectivity index (χ0v) is 14.8. The van der Waals surface area contributed by atoms with Gasteiger partial charge in [0.05, 0.1) is 13.2 Å². The van der Waals surface area contributed by atoms with E-state index in [1.807, 2.05) is 4.90 Å². The molecule has 0 aromatic heterocycles. The topological polar surface area (TPSA) is 59.0 Å². The Balaban J connectivity index is 1.78. The van der Waals surface area contributed by atoms with Crippen LogP contribution < -0.4 is 4.74 Å². The number of carbonyl (C=O) groups is 1. The number of methoxy groups -OCH3 is 2. The third kappa shape index (κ3) is 3.51. The van der Waals surface area contributed by atoms with Crippen molar-refractivity contribution in [2.45, 2.75) is 49.4 Å². The quantitative estimate of drug-likeness (QED) is 0.884. The maximum atomic E-state index is 15.4. The van der Waals surface area contributed by atoms with Gasteiger partial charge in [0.1, 0.15) is 5.75 Å². The number of carboxylic acids is 1. The number of rotatable bonds is 5. The lowest BCUT2D eigenvalue weighted by atomic mass is 9.86. The maximum Gasteiger partial charge on any atom is 0.343 e. The number of hydrogen-bond donors (Lipinski definition) is 1. The molecule has 1 N–H and O–H groups in total. The zero-order chi connectivity index (χ0) is 18.0. The summed E-state index contributed by atoms with van der Waals surface area (Å²) in [5.41, 5.74) is -1.55. The number of likely N-dealkylation sites (tertiary alicyclic amines) is 1. The van der Waals surface area contributed by atoms with Crippen LogP contribution in [0.4, 0.5) is 4.39 Å². The molecule has 138 valence electrons. The molecule has 0 unspecified atom stereocenters. The molecule has 0 bridgehead atoms. The van der Waals surface area contributed by atoms with Crippen LogP contribution in [0.25, 0.3) is 0 Å². The minimum Gasteiger partial charge on any atom is -0.497 e. The van der Waals surface area contributed by atoms with Gasteiger partial charge in [-0.2, -0.15) is 0 Å². The number of halogens is 1. The zero-order valence-electron chi connectivity index (χ0n) is 14.8. The van der Waals surface area contributed by atoms with Crippen LogP contribution in [0.1, 0.15) is 37.2 Å². The first-order chi connectivity index (χ1) is 12.0. The number of aliphatic carboxylic acids is 1. The molecule has 1 aromatic carbocycles. The third-order valence-electron chi connectivity index (χ3n) is 5.77. The maximum absolute atomic E-state index is 15.4. The predicted molar refractivity (Wildman–Crippen MR) is 91.8 cm³/mol. The second kappa shape index (κ2) is 7.30. The van der Waals surface area contributed by atoms with Crippen LogP contribution in [0, 0.1) is 0 Å². The van der Waals surface area contributed by atoms with Crippen LogP contribution >= 0.6 is 0 Å². The lowest BCUT2D eigenvalue weighted by molar-refractivity contribution is -0.151. The first kappa shape index (κ1) is 18.1. The molecule has 0 spiro atoms. The van der Waals surface area contributed by atoms with Crippen molar-refractivity contribution in [2.24, 2.45) is 0 Å². The van der Waals surface area contributed by atoms with E-state index in [9.17, 15) is 9.90 Å². The molecule has 1 aliphatic heterocycles. The van der Waals surface area contributed by atoms with Crippen molar-refractivity contribution in [1.29, 1.82) is 0 Å². The van der Waals surface area contributed by atoms with E-state index in [1.165, 1.54) is 0 Å². The van der Waals surface area contributed by atoms with Crippen molar-refractivity contribution in [2.75, 3.05) is 27.3 Å². The van der Waals surface area contributed by atoms with E-state index in [2.05, 4.69) is 0 Å². The van der Waals surface area contributed by atoms with Crippen LogP contribution in [-0.4, -0.2) is 61.1 Å². The fourth-order valence-electron chi connectivity index (χ4n) is 4.20. The highest BCUT2D eigenvalue weighted by Crippen LogP contribution is 2.42. The molecule has 2 atom stereocenters. The molecule has 1 saturated carbocycles. The molecule has 0 radical (unpaired) electrons. The number of carboxylic acid groups (broad SMARTS) is 1. The smallest absolute Gasteiger partial charge is 0.343 e. The summed E-state index contributed by atoms with van der Waals surface area (Å²) in [4.78, 5) is 13.7. The Hall–Kier alpha value is -1.66. The van der Waals surface area contributed by atoms with E-state index in [0.29, 0.717) is 17.9 Å². The molecule has 6 heteroatoms. The SMILES string of the molecule is COc1ccc([C@@H]2CN([C@H]3CC[C@@H](OC)CC3)C[C@@]2(F)C(=O)O)cc1. The van der Waals surface area contributed by atoms with Crippen LogP contribution in [0.5, 0.6) is 5.75 Å². The van der Waals surface area contributed by atoms with Gasteiger partial charge in [-0.25, -0.2) is 9.18 Å². The first-order valence-electron chi connectivity index (χ1n) is 8.81. The van der Waals surface area contributed by atoms with Gasteiger partial charge in [-0.05, 0) is 43.4 Å². The predicted octanol–water partition coefficient (Wildman–Crippen LogP) is 2.84. The van der Waals surface area contributed by atoms with E-state index in [0.717, 1.165) is 25.7 Å². The fraction of sp³-hybridized carbons (Fsp3) is 0.632. The van der Waals surface area contributed by atoms with Crippen LogP contribution in [0.3, 0.4) is 0 Å². The highest BCUT2D eigenvalue weighted by atomic mass is 19.1. The largest absolute Gasteiger partial charge is 0.497 e. The molecule has 2 aliphatic rings. The average Bonchev–Trinajstić information content (AvgIpc) is 3.01. The summed E-state index contributed by atoms with van der Waals surface area (Å²) in [7, 11) is 3.29. The van der Waals surface area contributed by atoms with E-state index in [1.54, 1.807) is 38.5 Å². The minimum absolute atomic E-state index is 0.0542. The molecule has 3 rings (SSSR count). The molecule has 25 heavy (non-hydrogen) atoms. The molecule has 2 fully saturated rings. The highest BCUT2D eigenvalue weighted by molar-refractivity contribution is 5.80. The molecular formula is C19H26FNO4. The minimum atomic E-state index is -2.26. The highest BCUT2D eigenvalue weighted by Gasteiger charge is 2.55. The van der Waals surface area contributed by atoms with E-state index in [-0.39, 0.29) is 18.7 Å². The Kier molecular flexibility index (Phi) is 5.29. The summed E-state index contributed by atoms with van der Waals surface area (Å²) < 4.78 is 25.9. The van der Waals surface area contributed by atoms with E-state index < -0.39 is 17.6 Å². The summed E-state index contributed by atoms with van der Waals surface area (Å²) >= 11 is 0. The summed E-state index contributed by atoms with van der Waals surface area (Å²) in [6.45, 7) is 0.374. The van der Waals surface area contributed by atoms with Gasteiger partial charge in [0.2, 0.25) is 5.67 Å². The van der Waals surface area contributed by atoms with E-state index in [4.69, 9.17) is 9.47 Å². The third-order valence-corrected chi connectivity index (χ3v) is 5.77. The van der Waals surface area contributed by atoms with Gasteiger partial charge in [-0.15, -0.1) is 0 Å². The normalized spacial score (nSPS) is 33.3. The lowest BCUT2D eigenvalue weighted by Gasteiger charge is -2.34. The van der Waals surface area contributed by atoms with Gasteiger partial charge in [0, 0.05) is 32.2 Å². The van der Waals surface area contributed by atoms with Crippen LogP contribution in [0.2, 0.25) is 0 Å². The molecule has 1 heterocycles. The Labute approximate surface area is 147 Å². The van der Waals surface area contributed by atoms with Gasteiger partial charge in [0.25, 0.3) is 0 Å². The van der Waals surface area contributed by atoms with Crippen molar-refractivity contribution < 1.29 is 23.8 Å². The Morgan fingerprint density at radius 2 is 1.84 bits per heavy atom. The van der Waals surface area contributed by atoms with Crippen molar-refractivity contribution in [3.05, 3.63) is 29.8 Å². The Morgan fingerprint density at radius 3 is 2.36 bits per heavy atom. The van der Waals surface area contributed by atoms with Gasteiger partial charge in [0.15, 0.2) is 0 Å². The van der Waals surface area contributed by atoms with Crippen molar-refractivity contribution in [1.82, 2.24) is 4.90 Å². The van der Waals surface area contributed by atoms with Gasteiger partial charge < -0.3 is 14.6 Å².